The molecule has 126 valence electrons. The first-order valence-electron chi connectivity index (χ1n) is 7.13. The fourth-order valence-electron chi connectivity index (χ4n) is 2.50. The van der Waals surface area contributed by atoms with Gasteiger partial charge in [-0.15, -0.1) is 0 Å². The van der Waals surface area contributed by atoms with E-state index in [-0.39, 0.29) is 16.2 Å². The Morgan fingerprint density at radius 3 is 2.38 bits per heavy atom. The molecule has 0 saturated carbocycles. The smallest absolute Gasteiger partial charge is 0.257 e. The second-order valence-corrected chi connectivity index (χ2v) is 6.80. The highest BCUT2D eigenvalue weighted by Gasteiger charge is 2.25. The van der Waals surface area contributed by atoms with Gasteiger partial charge in [-0.3, -0.25) is 4.79 Å². The summed E-state index contributed by atoms with van der Waals surface area (Å²) in [7, 11) is 0. The van der Waals surface area contributed by atoms with Gasteiger partial charge in [-0.2, -0.15) is 0 Å². The molecule has 1 amide bonds. The molecule has 2 aromatic rings. The van der Waals surface area contributed by atoms with Gasteiger partial charge < -0.3 is 9.80 Å². The molecule has 0 aliphatic carbocycles. The highest BCUT2D eigenvalue weighted by molar-refractivity contribution is 6.36. The lowest BCUT2D eigenvalue weighted by Gasteiger charge is -2.35. The van der Waals surface area contributed by atoms with E-state index in [2.05, 4.69) is 9.97 Å². The molecule has 2 aromatic heterocycles. The standard InChI is InChI=1S/C15H12Cl4N4O/c16-9-7-11(17)14(20-8-9)22-3-5-23(6-4-22)15(24)10-1-2-12(18)21-13(10)19/h1-2,7-8H,3-6H2. The van der Waals surface area contributed by atoms with E-state index in [0.717, 1.165) is 0 Å². The van der Waals surface area contributed by atoms with Crippen LogP contribution in [0.4, 0.5) is 5.82 Å². The van der Waals surface area contributed by atoms with Crippen molar-refractivity contribution in [3.05, 3.63) is 50.3 Å². The number of halogens is 4. The van der Waals surface area contributed by atoms with Gasteiger partial charge in [0.15, 0.2) is 0 Å². The van der Waals surface area contributed by atoms with Gasteiger partial charge in [0.2, 0.25) is 0 Å². The van der Waals surface area contributed by atoms with Gasteiger partial charge in [-0.25, -0.2) is 9.97 Å². The number of anilines is 1. The molecule has 3 heterocycles. The third-order valence-corrected chi connectivity index (χ3v) is 4.68. The van der Waals surface area contributed by atoms with E-state index in [0.29, 0.717) is 47.6 Å². The van der Waals surface area contributed by atoms with Crippen LogP contribution in [0.3, 0.4) is 0 Å². The molecule has 0 N–H and O–H groups in total. The van der Waals surface area contributed by atoms with Crippen molar-refractivity contribution < 1.29 is 4.79 Å². The van der Waals surface area contributed by atoms with E-state index < -0.39 is 0 Å². The van der Waals surface area contributed by atoms with E-state index in [1.807, 2.05) is 4.90 Å². The summed E-state index contributed by atoms with van der Waals surface area (Å²) in [5.41, 5.74) is 0.345. The van der Waals surface area contributed by atoms with Gasteiger partial charge in [0, 0.05) is 32.4 Å². The van der Waals surface area contributed by atoms with Crippen LogP contribution in [0, 0.1) is 0 Å². The van der Waals surface area contributed by atoms with Crippen molar-refractivity contribution in [3.8, 4) is 0 Å². The number of pyridine rings is 2. The maximum absolute atomic E-state index is 12.6. The molecule has 0 aromatic carbocycles. The highest BCUT2D eigenvalue weighted by atomic mass is 35.5. The number of carbonyl (C=O) groups is 1. The molecule has 1 saturated heterocycles. The van der Waals surface area contributed by atoms with Crippen molar-refractivity contribution in [2.45, 2.75) is 0 Å². The molecule has 0 atom stereocenters. The topological polar surface area (TPSA) is 49.3 Å². The predicted molar refractivity (Wildman–Crippen MR) is 96.6 cm³/mol. The molecule has 5 nitrogen and oxygen atoms in total. The number of hydrogen-bond donors (Lipinski definition) is 0. The molecule has 0 radical (unpaired) electrons. The minimum Gasteiger partial charge on any atom is -0.352 e. The van der Waals surface area contributed by atoms with Crippen molar-refractivity contribution in [3.63, 3.8) is 0 Å². The van der Waals surface area contributed by atoms with Crippen LogP contribution in [0.15, 0.2) is 24.4 Å². The van der Waals surface area contributed by atoms with Gasteiger partial charge in [-0.05, 0) is 18.2 Å². The molecular formula is C15H12Cl4N4O. The quantitative estimate of drug-likeness (QED) is 0.707. The van der Waals surface area contributed by atoms with Crippen molar-refractivity contribution in [1.82, 2.24) is 14.9 Å². The summed E-state index contributed by atoms with van der Waals surface area (Å²) in [6, 6.07) is 4.79. The maximum atomic E-state index is 12.6. The van der Waals surface area contributed by atoms with Crippen LogP contribution in [0.1, 0.15) is 10.4 Å². The fraction of sp³-hybridized carbons (Fsp3) is 0.267. The molecular weight excluding hydrogens is 394 g/mol. The van der Waals surface area contributed by atoms with E-state index >= 15 is 0 Å². The minimum absolute atomic E-state index is 0.109. The van der Waals surface area contributed by atoms with Crippen LogP contribution >= 0.6 is 46.4 Å². The summed E-state index contributed by atoms with van der Waals surface area (Å²) in [5, 5.41) is 1.34. The molecule has 0 bridgehead atoms. The first kappa shape index (κ1) is 17.5. The second-order valence-electron chi connectivity index (χ2n) is 5.21. The average Bonchev–Trinajstić information content (AvgIpc) is 2.54. The van der Waals surface area contributed by atoms with Gasteiger partial charge in [0.1, 0.15) is 16.1 Å². The van der Waals surface area contributed by atoms with Crippen LogP contribution in [0.5, 0.6) is 0 Å². The van der Waals surface area contributed by atoms with Gasteiger partial charge in [0.05, 0.1) is 15.6 Å². The van der Waals surface area contributed by atoms with Crippen molar-refractivity contribution in [2.24, 2.45) is 0 Å². The molecule has 0 spiro atoms. The van der Waals surface area contributed by atoms with Crippen LogP contribution in [-0.2, 0) is 0 Å². The summed E-state index contributed by atoms with van der Waals surface area (Å²) in [5.74, 6) is 0.498. The average molecular weight is 406 g/mol. The molecule has 9 heteroatoms. The Kier molecular flexibility index (Phi) is 5.35. The summed E-state index contributed by atoms with van der Waals surface area (Å²) < 4.78 is 0. The van der Waals surface area contributed by atoms with Crippen molar-refractivity contribution >= 4 is 58.1 Å². The Morgan fingerprint density at radius 2 is 1.75 bits per heavy atom. The summed E-state index contributed by atoms with van der Waals surface area (Å²) in [4.78, 5) is 24.5. The fourth-order valence-corrected chi connectivity index (χ4v) is 3.43. The Bertz CT molecular complexity index is 778. The summed E-state index contributed by atoms with van der Waals surface area (Å²) in [6.07, 6.45) is 1.56. The predicted octanol–water partition coefficient (Wildman–Crippen LogP) is 4.05. The Labute approximate surface area is 159 Å². The SMILES string of the molecule is O=C(c1ccc(Cl)nc1Cl)N1CCN(c2ncc(Cl)cc2Cl)CC1. The molecule has 1 fully saturated rings. The van der Waals surface area contributed by atoms with Gasteiger partial charge in [0.25, 0.3) is 5.91 Å². The highest BCUT2D eigenvalue weighted by Crippen LogP contribution is 2.27. The molecule has 3 rings (SSSR count). The monoisotopic (exact) mass is 404 g/mol. The zero-order valence-electron chi connectivity index (χ0n) is 12.3. The number of aromatic nitrogens is 2. The van der Waals surface area contributed by atoms with E-state index in [1.165, 1.54) is 0 Å². The van der Waals surface area contributed by atoms with Crippen LogP contribution < -0.4 is 4.90 Å². The summed E-state index contributed by atoms with van der Waals surface area (Å²) in [6.45, 7) is 2.27. The lowest BCUT2D eigenvalue weighted by molar-refractivity contribution is 0.0746. The van der Waals surface area contributed by atoms with Crippen LogP contribution in [0.2, 0.25) is 20.4 Å². The molecule has 1 aliphatic heterocycles. The number of amides is 1. The van der Waals surface area contributed by atoms with Crippen molar-refractivity contribution in [2.75, 3.05) is 31.1 Å². The number of hydrogen-bond acceptors (Lipinski definition) is 4. The van der Waals surface area contributed by atoms with Crippen LogP contribution in [-0.4, -0.2) is 47.0 Å². The first-order chi connectivity index (χ1) is 11.5. The zero-order valence-corrected chi connectivity index (χ0v) is 15.4. The Morgan fingerprint density at radius 1 is 1.04 bits per heavy atom. The summed E-state index contributed by atoms with van der Waals surface area (Å²) >= 11 is 23.8. The zero-order chi connectivity index (χ0) is 17.3. The number of piperazine rings is 1. The third-order valence-electron chi connectivity index (χ3n) is 3.70. The third kappa shape index (κ3) is 3.70. The maximum Gasteiger partial charge on any atom is 0.257 e. The van der Waals surface area contributed by atoms with Crippen molar-refractivity contribution in [1.29, 1.82) is 0 Å². The number of rotatable bonds is 2. The molecule has 0 unspecified atom stereocenters. The van der Waals surface area contributed by atoms with Gasteiger partial charge >= 0.3 is 0 Å². The van der Waals surface area contributed by atoms with Gasteiger partial charge in [-0.1, -0.05) is 46.4 Å². The Balaban J connectivity index is 1.69. The van der Waals surface area contributed by atoms with Crippen LogP contribution in [0.25, 0.3) is 0 Å². The number of nitrogens with zero attached hydrogens (tertiary/aromatic N) is 4. The number of carbonyl (C=O) groups excluding carboxylic acids is 1. The second kappa shape index (κ2) is 7.31. The minimum atomic E-state index is -0.168. The van der Waals surface area contributed by atoms with E-state index in [9.17, 15) is 4.79 Å². The lowest BCUT2D eigenvalue weighted by atomic mass is 10.2. The largest absolute Gasteiger partial charge is 0.352 e. The van der Waals surface area contributed by atoms with E-state index in [4.69, 9.17) is 46.4 Å². The molecule has 1 aliphatic rings. The first-order valence-corrected chi connectivity index (χ1v) is 8.64. The van der Waals surface area contributed by atoms with E-state index in [1.54, 1.807) is 29.3 Å². The lowest BCUT2D eigenvalue weighted by Crippen LogP contribution is -2.49. The molecule has 24 heavy (non-hydrogen) atoms. The normalized spacial score (nSPS) is 14.8. The Hall–Kier alpha value is -1.27.